The van der Waals surface area contributed by atoms with Crippen LogP contribution in [0, 0.1) is 0 Å². The van der Waals surface area contributed by atoms with Crippen molar-refractivity contribution in [3.63, 3.8) is 0 Å². The van der Waals surface area contributed by atoms with Gasteiger partial charge in [-0.25, -0.2) is 4.98 Å². The summed E-state index contributed by atoms with van der Waals surface area (Å²) in [7, 11) is 1.61. The summed E-state index contributed by atoms with van der Waals surface area (Å²) < 4.78 is 11.0. The Hall–Kier alpha value is -3.55. The van der Waals surface area contributed by atoms with E-state index in [1.807, 2.05) is 29.2 Å². The van der Waals surface area contributed by atoms with E-state index in [2.05, 4.69) is 9.97 Å². The van der Waals surface area contributed by atoms with Gasteiger partial charge in [0.05, 0.1) is 7.11 Å². The lowest BCUT2D eigenvalue weighted by atomic mass is 10.1. The Morgan fingerprint density at radius 2 is 2.00 bits per heavy atom. The molecule has 144 valence electrons. The molecule has 1 amide bonds. The zero-order valence-electron chi connectivity index (χ0n) is 15.4. The minimum absolute atomic E-state index is 0.163. The minimum atomic E-state index is -0.226. The summed E-state index contributed by atoms with van der Waals surface area (Å²) in [5.74, 6) is 1.85. The Kier molecular flexibility index (Phi) is 4.84. The van der Waals surface area contributed by atoms with Gasteiger partial charge in [-0.15, -0.1) is 0 Å². The van der Waals surface area contributed by atoms with Gasteiger partial charge in [-0.05, 0) is 24.3 Å². The number of furan rings is 1. The van der Waals surface area contributed by atoms with Crippen molar-refractivity contribution < 1.29 is 13.9 Å². The molecule has 0 saturated carbocycles. The van der Waals surface area contributed by atoms with E-state index in [1.165, 1.54) is 6.20 Å². The van der Waals surface area contributed by atoms with Crippen LogP contribution < -0.4 is 15.2 Å². The molecule has 4 rings (SSSR count). The van der Waals surface area contributed by atoms with Crippen molar-refractivity contribution in [1.29, 1.82) is 0 Å². The van der Waals surface area contributed by atoms with E-state index in [1.54, 1.807) is 30.3 Å². The number of aromatic nitrogens is 2. The summed E-state index contributed by atoms with van der Waals surface area (Å²) in [6, 6.07) is 11.0. The third kappa shape index (κ3) is 3.48. The maximum absolute atomic E-state index is 12.8. The molecule has 3 heterocycles. The molecule has 1 aromatic carbocycles. The monoisotopic (exact) mass is 380 g/mol. The Morgan fingerprint density at radius 3 is 2.75 bits per heavy atom. The van der Waals surface area contributed by atoms with E-state index in [9.17, 15) is 9.59 Å². The number of aromatic amines is 1. The number of nitrogens with zero attached hydrogens (tertiary/aromatic N) is 3. The number of methoxy groups -OCH3 is 1. The summed E-state index contributed by atoms with van der Waals surface area (Å²) in [6.07, 6.45) is 3.06. The van der Waals surface area contributed by atoms with Gasteiger partial charge in [0, 0.05) is 44.1 Å². The number of carbonyl (C=O) groups is 1. The smallest absolute Gasteiger partial charge is 0.290 e. The first-order valence-corrected chi connectivity index (χ1v) is 8.98. The highest BCUT2D eigenvalue weighted by molar-refractivity contribution is 5.92. The van der Waals surface area contributed by atoms with Crippen LogP contribution in [0.4, 0.5) is 5.82 Å². The van der Waals surface area contributed by atoms with Gasteiger partial charge in [-0.1, -0.05) is 12.1 Å². The van der Waals surface area contributed by atoms with Gasteiger partial charge in [0.2, 0.25) is 0 Å². The SMILES string of the molecule is COc1cccc(-c2ccc(C(=O)N3CCN(c4ncc[nH]c4=O)CC3)o2)c1. The maximum atomic E-state index is 12.8. The number of benzene rings is 1. The number of nitrogens with one attached hydrogen (secondary N) is 1. The van der Waals surface area contributed by atoms with Gasteiger partial charge in [0.25, 0.3) is 11.5 Å². The lowest BCUT2D eigenvalue weighted by Crippen LogP contribution is -2.50. The molecule has 0 spiro atoms. The molecule has 8 heteroatoms. The van der Waals surface area contributed by atoms with Gasteiger partial charge in [-0.2, -0.15) is 0 Å². The van der Waals surface area contributed by atoms with Crippen molar-refractivity contribution in [2.75, 3.05) is 38.2 Å². The fraction of sp³-hybridized carbons (Fsp3) is 0.250. The van der Waals surface area contributed by atoms with Gasteiger partial charge >= 0.3 is 0 Å². The van der Waals surface area contributed by atoms with E-state index in [4.69, 9.17) is 9.15 Å². The number of ether oxygens (including phenoxy) is 1. The topological polar surface area (TPSA) is 91.7 Å². The number of hydrogen-bond acceptors (Lipinski definition) is 6. The first kappa shape index (κ1) is 17.8. The van der Waals surface area contributed by atoms with Crippen LogP contribution in [-0.2, 0) is 0 Å². The molecule has 8 nitrogen and oxygen atoms in total. The van der Waals surface area contributed by atoms with Crippen molar-refractivity contribution >= 4 is 11.7 Å². The molecule has 1 N–H and O–H groups in total. The molecule has 1 aliphatic heterocycles. The summed E-state index contributed by atoms with van der Waals surface area (Å²) in [5.41, 5.74) is 0.619. The predicted octanol–water partition coefficient (Wildman–Crippen LogP) is 2.00. The second kappa shape index (κ2) is 7.59. The van der Waals surface area contributed by atoms with Crippen molar-refractivity contribution in [3.8, 4) is 17.1 Å². The summed E-state index contributed by atoms with van der Waals surface area (Å²) >= 11 is 0. The molecular formula is C20H20N4O4. The molecule has 2 aromatic heterocycles. The normalized spacial score (nSPS) is 14.2. The Labute approximate surface area is 161 Å². The number of carbonyl (C=O) groups excluding carboxylic acids is 1. The minimum Gasteiger partial charge on any atom is -0.497 e. The molecule has 1 saturated heterocycles. The lowest BCUT2D eigenvalue weighted by molar-refractivity contribution is 0.0715. The third-order valence-electron chi connectivity index (χ3n) is 4.73. The average molecular weight is 380 g/mol. The summed E-state index contributed by atoms with van der Waals surface area (Å²) in [6.45, 7) is 2.05. The van der Waals surface area contributed by atoms with E-state index in [0.717, 1.165) is 11.3 Å². The summed E-state index contributed by atoms with van der Waals surface area (Å²) in [4.78, 5) is 35.0. The third-order valence-corrected chi connectivity index (χ3v) is 4.73. The van der Waals surface area contributed by atoms with E-state index in [-0.39, 0.29) is 11.5 Å². The van der Waals surface area contributed by atoms with Crippen LogP contribution >= 0.6 is 0 Å². The Balaban J connectivity index is 1.44. The Bertz CT molecular complexity index is 1030. The molecule has 3 aromatic rings. The van der Waals surface area contributed by atoms with Crippen LogP contribution in [0.5, 0.6) is 5.75 Å². The second-order valence-corrected chi connectivity index (χ2v) is 6.42. The predicted molar refractivity (Wildman–Crippen MR) is 104 cm³/mol. The van der Waals surface area contributed by atoms with E-state index >= 15 is 0 Å². The lowest BCUT2D eigenvalue weighted by Gasteiger charge is -2.34. The molecule has 0 unspecified atom stereocenters. The highest BCUT2D eigenvalue weighted by Crippen LogP contribution is 2.26. The largest absolute Gasteiger partial charge is 0.497 e. The maximum Gasteiger partial charge on any atom is 0.290 e. The summed E-state index contributed by atoms with van der Waals surface area (Å²) in [5, 5.41) is 0. The highest BCUT2D eigenvalue weighted by atomic mass is 16.5. The quantitative estimate of drug-likeness (QED) is 0.744. The highest BCUT2D eigenvalue weighted by Gasteiger charge is 2.26. The molecule has 0 radical (unpaired) electrons. The number of amides is 1. The van der Waals surface area contributed by atoms with Crippen molar-refractivity contribution in [1.82, 2.24) is 14.9 Å². The fourth-order valence-electron chi connectivity index (χ4n) is 3.23. The van der Waals surface area contributed by atoms with Crippen LogP contribution in [0.25, 0.3) is 11.3 Å². The number of rotatable bonds is 4. The van der Waals surface area contributed by atoms with Gasteiger partial charge in [0.15, 0.2) is 11.6 Å². The average Bonchev–Trinajstić information content (AvgIpc) is 3.24. The van der Waals surface area contributed by atoms with Crippen LogP contribution in [0.2, 0.25) is 0 Å². The molecular weight excluding hydrogens is 360 g/mol. The molecule has 28 heavy (non-hydrogen) atoms. The second-order valence-electron chi connectivity index (χ2n) is 6.42. The van der Waals surface area contributed by atoms with Crippen molar-refractivity contribution in [2.24, 2.45) is 0 Å². The number of H-pyrrole nitrogens is 1. The molecule has 0 bridgehead atoms. The molecule has 0 atom stereocenters. The van der Waals surface area contributed by atoms with Gasteiger partial charge in [0.1, 0.15) is 11.5 Å². The molecule has 1 aliphatic rings. The van der Waals surface area contributed by atoms with Crippen LogP contribution in [-0.4, -0.2) is 54.1 Å². The fourth-order valence-corrected chi connectivity index (χ4v) is 3.23. The number of hydrogen-bond donors (Lipinski definition) is 1. The van der Waals surface area contributed by atoms with Crippen molar-refractivity contribution in [2.45, 2.75) is 0 Å². The van der Waals surface area contributed by atoms with Gasteiger partial charge in [-0.3, -0.25) is 9.59 Å². The Morgan fingerprint density at radius 1 is 1.18 bits per heavy atom. The molecule has 1 fully saturated rings. The first-order valence-electron chi connectivity index (χ1n) is 8.98. The first-order chi connectivity index (χ1) is 13.7. The zero-order chi connectivity index (χ0) is 19.5. The van der Waals surface area contributed by atoms with Crippen LogP contribution in [0.3, 0.4) is 0 Å². The number of anilines is 1. The van der Waals surface area contributed by atoms with Crippen molar-refractivity contribution in [3.05, 3.63) is 64.9 Å². The standard InChI is InChI=1S/C20H20N4O4/c1-27-15-4-2-3-14(13-15)16-5-6-17(28-16)20(26)24-11-9-23(10-12-24)18-19(25)22-8-7-21-18/h2-8,13H,9-12H2,1H3,(H,22,25). The van der Waals surface area contributed by atoms with E-state index in [0.29, 0.717) is 43.5 Å². The molecule has 0 aliphatic carbocycles. The van der Waals surface area contributed by atoms with E-state index < -0.39 is 0 Å². The van der Waals surface area contributed by atoms with Gasteiger partial charge < -0.3 is 23.9 Å². The number of piperazine rings is 1. The van der Waals surface area contributed by atoms with Crippen LogP contribution in [0.15, 0.2) is 58.0 Å². The van der Waals surface area contributed by atoms with Crippen LogP contribution in [0.1, 0.15) is 10.6 Å². The zero-order valence-corrected chi connectivity index (χ0v) is 15.4.